The number of rotatable bonds is 4. The van der Waals surface area contributed by atoms with E-state index in [0.717, 1.165) is 11.4 Å². The van der Waals surface area contributed by atoms with Crippen LogP contribution >= 0.6 is 15.9 Å². The maximum Gasteiger partial charge on any atom is 0.283 e. The minimum atomic E-state index is -0.311. The number of halogens is 1. The molecule has 0 bridgehead atoms. The number of hydrogen-bond acceptors (Lipinski definition) is 3. The fourth-order valence-electron chi connectivity index (χ4n) is 1.38. The summed E-state index contributed by atoms with van der Waals surface area (Å²) in [5.74, 6) is -0.311. The Bertz CT molecular complexity index is 570. The molecule has 0 saturated heterocycles. The Morgan fingerprint density at radius 1 is 0.895 bits per heavy atom. The van der Waals surface area contributed by atoms with E-state index in [0.29, 0.717) is 0 Å². The van der Waals surface area contributed by atoms with Crippen LogP contribution in [0.4, 0.5) is 11.4 Å². The van der Waals surface area contributed by atoms with Crippen LogP contribution in [0.1, 0.15) is 0 Å². The molecule has 0 spiro atoms. The van der Waals surface area contributed by atoms with Gasteiger partial charge in [0.2, 0.25) is 0 Å². The van der Waals surface area contributed by atoms with Gasteiger partial charge < -0.3 is 5.32 Å². The molecule has 0 aliphatic rings. The predicted molar refractivity (Wildman–Crippen MR) is 81.5 cm³/mol. The lowest BCUT2D eigenvalue weighted by molar-refractivity contribution is -0.110. The second-order valence-corrected chi connectivity index (χ2v) is 4.45. The van der Waals surface area contributed by atoms with Crippen LogP contribution < -0.4 is 10.7 Å². The Morgan fingerprint density at radius 3 is 2.00 bits per heavy atom. The molecule has 0 unspecified atom stereocenters. The smallest absolute Gasteiger partial charge is 0.283 e. The van der Waals surface area contributed by atoms with Crippen LogP contribution in [0.5, 0.6) is 0 Å². The van der Waals surface area contributed by atoms with Crippen molar-refractivity contribution in [1.82, 2.24) is 0 Å². The molecule has 0 atom stereocenters. The number of hydrogen-bond donors (Lipinski definition) is 2. The molecule has 0 radical (unpaired) electrons. The van der Waals surface area contributed by atoms with Gasteiger partial charge in [0.15, 0.2) is 4.62 Å². The minimum absolute atomic E-state index is 0.181. The van der Waals surface area contributed by atoms with E-state index in [2.05, 4.69) is 31.8 Å². The molecule has 0 saturated carbocycles. The first-order chi connectivity index (χ1) is 9.25. The SMILES string of the molecule is O=C(Nc1ccccc1)C(Br)=NNc1ccccc1. The molecular weight excluding hydrogens is 306 g/mol. The topological polar surface area (TPSA) is 53.5 Å². The van der Waals surface area contributed by atoms with Crippen LogP contribution in [0.2, 0.25) is 0 Å². The Hall–Kier alpha value is -2.14. The first-order valence-corrected chi connectivity index (χ1v) is 6.45. The number of nitrogens with zero attached hydrogens (tertiary/aromatic N) is 1. The highest BCUT2D eigenvalue weighted by atomic mass is 79.9. The van der Waals surface area contributed by atoms with Gasteiger partial charge in [0.25, 0.3) is 5.91 Å². The van der Waals surface area contributed by atoms with Gasteiger partial charge in [-0.1, -0.05) is 36.4 Å². The van der Waals surface area contributed by atoms with Crippen LogP contribution in [-0.2, 0) is 4.79 Å². The monoisotopic (exact) mass is 317 g/mol. The summed E-state index contributed by atoms with van der Waals surface area (Å²) in [5.41, 5.74) is 4.32. The number of nitrogens with one attached hydrogen (secondary N) is 2. The maximum absolute atomic E-state index is 11.8. The van der Waals surface area contributed by atoms with E-state index in [-0.39, 0.29) is 10.5 Å². The molecule has 0 aliphatic carbocycles. The standard InChI is InChI=1S/C14H12BrN3O/c15-13(18-17-12-9-5-2-6-10-12)14(19)16-11-7-3-1-4-8-11/h1-10,17H,(H,16,19). The largest absolute Gasteiger partial charge is 0.320 e. The molecule has 2 rings (SSSR count). The molecule has 4 nitrogen and oxygen atoms in total. The van der Waals surface area contributed by atoms with Crippen molar-refractivity contribution in [1.29, 1.82) is 0 Å². The molecule has 2 N–H and O–H groups in total. The van der Waals surface area contributed by atoms with Gasteiger partial charge in [0.1, 0.15) is 0 Å². The van der Waals surface area contributed by atoms with Crippen LogP contribution in [0.3, 0.4) is 0 Å². The molecule has 0 fully saturated rings. The summed E-state index contributed by atoms with van der Waals surface area (Å²) in [4.78, 5) is 11.8. The van der Waals surface area contributed by atoms with E-state index >= 15 is 0 Å². The van der Waals surface area contributed by atoms with E-state index in [1.807, 2.05) is 60.7 Å². The zero-order chi connectivity index (χ0) is 13.5. The lowest BCUT2D eigenvalue weighted by atomic mass is 10.3. The number of amides is 1. The van der Waals surface area contributed by atoms with Crippen molar-refractivity contribution in [2.75, 3.05) is 10.7 Å². The van der Waals surface area contributed by atoms with Gasteiger partial charge in [-0.2, -0.15) is 5.10 Å². The molecule has 96 valence electrons. The van der Waals surface area contributed by atoms with Gasteiger partial charge in [-0.25, -0.2) is 0 Å². The van der Waals surface area contributed by atoms with E-state index in [9.17, 15) is 4.79 Å². The van der Waals surface area contributed by atoms with Crippen LogP contribution in [0.25, 0.3) is 0 Å². The minimum Gasteiger partial charge on any atom is -0.320 e. The molecule has 0 aliphatic heterocycles. The fourth-order valence-corrected chi connectivity index (χ4v) is 1.57. The fraction of sp³-hybridized carbons (Fsp3) is 0. The zero-order valence-corrected chi connectivity index (χ0v) is 11.6. The predicted octanol–water partition coefficient (Wildman–Crippen LogP) is 3.45. The van der Waals surface area contributed by atoms with Crippen molar-refractivity contribution >= 4 is 37.8 Å². The van der Waals surface area contributed by atoms with Crippen molar-refractivity contribution < 1.29 is 4.79 Å². The van der Waals surface area contributed by atoms with Crippen LogP contribution in [0.15, 0.2) is 65.8 Å². The number of carbonyl (C=O) groups is 1. The number of carbonyl (C=O) groups excluding carboxylic acids is 1. The molecule has 2 aromatic carbocycles. The van der Waals surface area contributed by atoms with E-state index in [1.54, 1.807) is 0 Å². The van der Waals surface area contributed by atoms with Crippen molar-refractivity contribution in [3.05, 3.63) is 60.7 Å². The summed E-state index contributed by atoms with van der Waals surface area (Å²) < 4.78 is 0.181. The Balaban J connectivity index is 1.95. The first-order valence-electron chi connectivity index (χ1n) is 5.66. The number of benzene rings is 2. The highest BCUT2D eigenvalue weighted by Gasteiger charge is 2.07. The number of hydrazone groups is 1. The van der Waals surface area contributed by atoms with Crippen molar-refractivity contribution in [3.8, 4) is 0 Å². The summed E-state index contributed by atoms with van der Waals surface area (Å²) in [7, 11) is 0. The maximum atomic E-state index is 11.8. The quantitative estimate of drug-likeness (QED) is 0.670. The second kappa shape index (κ2) is 6.70. The molecule has 5 heteroatoms. The van der Waals surface area contributed by atoms with Gasteiger partial charge in [-0.15, -0.1) is 0 Å². The average molecular weight is 318 g/mol. The third-order valence-electron chi connectivity index (χ3n) is 2.28. The Kier molecular flexibility index (Phi) is 4.69. The second-order valence-electron chi connectivity index (χ2n) is 3.70. The lowest BCUT2D eigenvalue weighted by Gasteiger charge is -2.04. The lowest BCUT2D eigenvalue weighted by Crippen LogP contribution is -2.19. The third-order valence-corrected chi connectivity index (χ3v) is 2.81. The van der Waals surface area contributed by atoms with Crippen LogP contribution in [-0.4, -0.2) is 10.5 Å². The molecule has 0 aromatic heterocycles. The summed E-state index contributed by atoms with van der Waals surface area (Å²) >= 11 is 3.13. The summed E-state index contributed by atoms with van der Waals surface area (Å²) in [6.07, 6.45) is 0. The van der Waals surface area contributed by atoms with Crippen molar-refractivity contribution in [2.24, 2.45) is 5.10 Å². The van der Waals surface area contributed by atoms with Crippen molar-refractivity contribution in [2.45, 2.75) is 0 Å². The van der Waals surface area contributed by atoms with Crippen LogP contribution in [0, 0.1) is 0 Å². The zero-order valence-electron chi connectivity index (χ0n) is 10.0. The summed E-state index contributed by atoms with van der Waals surface area (Å²) in [6.45, 7) is 0. The Labute approximate surface area is 119 Å². The van der Waals surface area contributed by atoms with Gasteiger partial charge in [0.05, 0.1) is 5.69 Å². The van der Waals surface area contributed by atoms with Crippen molar-refractivity contribution in [3.63, 3.8) is 0 Å². The van der Waals surface area contributed by atoms with E-state index in [4.69, 9.17) is 0 Å². The molecular formula is C14H12BrN3O. The Morgan fingerprint density at radius 2 is 1.42 bits per heavy atom. The first kappa shape index (κ1) is 13.3. The molecule has 0 heterocycles. The summed E-state index contributed by atoms with van der Waals surface area (Å²) in [6, 6.07) is 18.6. The molecule has 1 amide bonds. The van der Waals surface area contributed by atoms with Gasteiger partial charge in [-0.3, -0.25) is 10.2 Å². The average Bonchev–Trinajstić information content (AvgIpc) is 2.47. The highest BCUT2D eigenvalue weighted by Crippen LogP contribution is 2.08. The number of anilines is 2. The molecule has 2 aromatic rings. The summed E-state index contributed by atoms with van der Waals surface area (Å²) in [5, 5.41) is 6.68. The highest BCUT2D eigenvalue weighted by molar-refractivity contribution is 9.19. The normalized spacial score (nSPS) is 10.9. The number of para-hydroxylation sites is 2. The van der Waals surface area contributed by atoms with E-state index < -0.39 is 0 Å². The third kappa shape index (κ3) is 4.22. The van der Waals surface area contributed by atoms with E-state index in [1.165, 1.54) is 0 Å². The van der Waals surface area contributed by atoms with Gasteiger partial charge >= 0.3 is 0 Å². The molecule has 19 heavy (non-hydrogen) atoms. The van der Waals surface area contributed by atoms with Gasteiger partial charge in [-0.05, 0) is 40.2 Å². The van der Waals surface area contributed by atoms with Gasteiger partial charge in [0, 0.05) is 5.69 Å².